The number of esters is 1. The second kappa shape index (κ2) is 13.0. The van der Waals surface area contributed by atoms with E-state index < -0.39 is 23.8 Å². The largest absolute Gasteiger partial charge is 0.467 e. The van der Waals surface area contributed by atoms with Gasteiger partial charge in [0.05, 0.1) is 24.1 Å². The van der Waals surface area contributed by atoms with Gasteiger partial charge in [-0.15, -0.1) is 11.8 Å². The summed E-state index contributed by atoms with van der Waals surface area (Å²) >= 11 is 1.35. The van der Waals surface area contributed by atoms with Gasteiger partial charge in [-0.3, -0.25) is 15.0 Å². The highest BCUT2D eigenvalue weighted by molar-refractivity contribution is 7.98. The van der Waals surface area contributed by atoms with Crippen LogP contribution in [-0.2, 0) is 27.9 Å². The molecule has 0 spiro atoms. The van der Waals surface area contributed by atoms with E-state index in [1.54, 1.807) is 12.3 Å². The van der Waals surface area contributed by atoms with Crippen molar-refractivity contribution in [2.45, 2.75) is 29.3 Å². The minimum atomic E-state index is -4.47. The number of methoxy groups -OCH3 is 1. The lowest BCUT2D eigenvalue weighted by atomic mass is 10.0. The third kappa shape index (κ3) is 6.86. The first-order chi connectivity index (χ1) is 20.3. The van der Waals surface area contributed by atoms with Crippen LogP contribution in [0.2, 0.25) is 0 Å². The Morgan fingerprint density at radius 1 is 0.833 bits per heavy atom. The van der Waals surface area contributed by atoms with Crippen LogP contribution in [0, 0.1) is 0 Å². The molecule has 5 aromatic rings. The highest BCUT2D eigenvalue weighted by atomic mass is 32.2. The lowest BCUT2D eigenvalue weighted by Gasteiger charge is -2.15. The van der Waals surface area contributed by atoms with Gasteiger partial charge < -0.3 is 4.74 Å². The first-order valence-corrected chi connectivity index (χ1v) is 14.1. The van der Waals surface area contributed by atoms with E-state index in [1.807, 2.05) is 78.9 Å². The fourth-order valence-electron chi connectivity index (χ4n) is 4.58. The molecule has 3 aromatic carbocycles. The topological polar surface area (TPSA) is 64.4 Å². The number of hydrogen-bond donors (Lipinski definition) is 0. The molecule has 0 N–H and O–H groups in total. The second-order valence-corrected chi connectivity index (χ2v) is 10.4. The summed E-state index contributed by atoms with van der Waals surface area (Å²) in [4.78, 5) is 27.2. The molecule has 2 heterocycles. The fraction of sp³-hybridized carbons (Fsp3) is 0.152. The number of thioether (sulfide) groups is 1. The van der Waals surface area contributed by atoms with Crippen LogP contribution in [0.4, 0.5) is 13.2 Å². The number of fused-ring (bicyclic) bond motifs is 1. The Bertz CT molecular complexity index is 1670. The van der Waals surface area contributed by atoms with Crippen LogP contribution in [0.3, 0.4) is 0 Å². The van der Waals surface area contributed by atoms with Crippen molar-refractivity contribution in [1.82, 2.24) is 9.97 Å². The summed E-state index contributed by atoms with van der Waals surface area (Å²) < 4.78 is 45.7. The molecule has 0 amide bonds. The standard InChI is InChI=1S/C33H26F3N3O2S/c1-41-32(40)29(39-31(22-10-4-2-5-11-22)23-12-6-3-7-13-23)18-24-14-8-15-25(38-24)21-42-30-20-37-19-27-26(30)16-9-17-28(27)33(34,35)36/h2-17,19-20,29H,18,21H2,1H3. The van der Waals surface area contributed by atoms with Gasteiger partial charge in [0.25, 0.3) is 0 Å². The highest BCUT2D eigenvalue weighted by Crippen LogP contribution is 2.37. The van der Waals surface area contributed by atoms with E-state index in [-0.39, 0.29) is 11.8 Å². The molecule has 9 heteroatoms. The molecule has 0 fully saturated rings. The third-order valence-corrected chi connectivity index (χ3v) is 7.64. The van der Waals surface area contributed by atoms with Crippen LogP contribution in [0.25, 0.3) is 10.8 Å². The number of halogens is 3. The fourth-order valence-corrected chi connectivity index (χ4v) is 5.52. The van der Waals surface area contributed by atoms with Crippen LogP contribution in [0.1, 0.15) is 28.1 Å². The molecule has 5 nitrogen and oxygen atoms in total. The van der Waals surface area contributed by atoms with Crippen LogP contribution < -0.4 is 0 Å². The number of aromatic nitrogens is 2. The summed E-state index contributed by atoms with van der Waals surface area (Å²) in [6.45, 7) is 0. The molecule has 0 saturated heterocycles. The van der Waals surface area contributed by atoms with Gasteiger partial charge in [-0.05, 0) is 23.6 Å². The van der Waals surface area contributed by atoms with E-state index in [1.165, 1.54) is 31.1 Å². The summed E-state index contributed by atoms with van der Waals surface area (Å²) in [6, 6.07) is 28.0. The molecule has 212 valence electrons. The van der Waals surface area contributed by atoms with Crippen molar-refractivity contribution < 1.29 is 22.7 Å². The average molecular weight is 586 g/mol. The normalized spacial score (nSPS) is 12.1. The maximum absolute atomic E-state index is 13.5. The number of benzene rings is 3. The number of rotatable bonds is 9. The van der Waals surface area contributed by atoms with Crippen molar-refractivity contribution in [2.24, 2.45) is 4.99 Å². The van der Waals surface area contributed by atoms with Crippen molar-refractivity contribution in [2.75, 3.05) is 7.11 Å². The molecule has 5 rings (SSSR count). The quantitative estimate of drug-likeness (QED) is 0.101. The molecule has 0 aliphatic carbocycles. The van der Waals surface area contributed by atoms with Crippen molar-refractivity contribution >= 4 is 34.2 Å². The first-order valence-electron chi connectivity index (χ1n) is 13.1. The van der Waals surface area contributed by atoms with Crippen LogP contribution in [-0.4, -0.2) is 34.8 Å². The van der Waals surface area contributed by atoms with Gasteiger partial charge in [0.1, 0.15) is 0 Å². The van der Waals surface area contributed by atoms with Gasteiger partial charge in [-0.25, -0.2) is 4.79 Å². The Hall–Kier alpha value is -4.50. The number of ether oxygens (including phenoxy) is 1. The second-order valence-electron chi connectivity index (χ2n) is 9.40. The average Bonchev–Trinajstić information content (AvgIpc) is 3.02. The molecular weight excluding hydrogens is 559 g/mol. The van der Waals surface area contributed by atoms with E-state index in [4.69, 9.17) is 14.7 Å². The molecule has 0 bridgehead atoms. The Labute approximate surface area is 245 Å². The summed E-state index contributed by atoms with van der Waals surface area (Å²) in [7, 11) is 1.33. The third-order valence-electron chi connectivity index (χ3n) is 6.57. The number of alkyl halides is 3. The van der Waals surface area contributed by atoms with E-state index in [2.05, 4.69) is 4.98 Å². The Morgan fingerprint density at radius 3 is 2.12 bits per heavy atom. The zero-order chi connectivity index (χ0) is 29.5. The lowest BCUT2D eigenvalue weighted by Crippen LogP contribution is -2.25. The molecule has 2 aromatic heterocycles. The number of pyridine rings is 2. The predicted molar refractivity (Wildman–Crippen MR) is 159 cm³/mol. The highest BCUT2D eigenvalue weighted by Gasteiger charge is 2.32. The zero-order valence-corrected chi connectivity index (χ0v) is 23.4. The molecule has 1 unspecified atom stereocenters. The predicted octanol–water partition coefficient (Wildman–Crippen LogP) is 7.56. The smallest absolute Gasteiger partial charge is 0.417 e. The minimum absolute atomic E-state index is 0.0585. The van der Waals surface area contributed by atoms with Gasteiger partial charge in [0, 0.05) is 51.7 Å². The molecule has 0 saturated carbocycles. The molecule has 1 atom stereocenters. The monoisotopic (exact) mass is 585 g/mol. The summed E-state index contributed by atoms with van der Waals surface area (Å²) in [5.41, 5.74) is 3.04. The molecule has 0 aliphatic rings. The van der Waals surface area contributed by atoms with Gasteiger partial charge in [0.2, 0.25) is 0 Å². The summed E-state index contributed by atoms with van der Waals surface area (Å²) in [5.74, 6) is -0.0840. The molecule has 0 radical (unpaired) electrons. The summed E-state index contributed by atoms with van der Waals surface area (Å²) in [5, 5.41) is 0.540. The number of hydrogen-bond acceptors (Lipinski definition) is 6. The van der Waals surface area contributed by atoms with Crippen LogP contribution >= 0.6 is 11.8 Å². The Balaban J connectivity index is 1.40. The van der Waals surface area contributed by atoms with Crippen molar-refractivity contribution in [3.8, 4) is 0 Å². The number of aliphatic imine (C=N–C) groups is 1. The van der Waals surface area contributed by atoms with Crippen LogP contribution in [0.5, 0.6) is 0 Å². The Kier molecular flexibility index (Phi) is 8.97. The molecular formula is C33H26F3N3O2S. The lowest BCUT2D eigenvalue weighted by molar-refractivity contribution is -0.142. The van der Waals surface area contributed by atoms with E-state index in [9.17, 15) is 18.0 Å². The number of carbonyl (C=O) groups excluding carboxylic acids is 1. The van der Waals surface area contributed by atoms with Gasteiger partial charge in [-0.2, -0.15) is 13.2 Å². The van der Waals surface area contributed by atoms with Crippen molar-refractivity contribution in [3.63, 3.8) is 0 Å². The Morgan fingerprint density at radius 2 is 1.48 bits per heavy atom. The van der Waals surface area contributed by atoms with Crippen LogP contribution in [0.15, 0.2) is 119 Å². The van der Waals surface area contributed by atoms with Gasteiger partial charge in [0.15, 0.2) is 6.04 Å². The van der Waals surface area contributed by atoms with E-state index in [0.717, 1.165) is 17.2 Å². The number of carbonyl (C=O) groups is 1. The number of nitrogens with zero attached hydrogens (tertiary/aromatic N) is 3. The first kappa shape index (κ1) is 29.0. The SMILES string of the molecule is COC(=O)C(Cc1cccc(CSc2cncc3c(C(F)(F)F)cccc23)n1)N=C(c1ccccc1)c1ccccc1. The van der Waals surface area contributed by atoms with Crippen molar-refractivity contribution in [3.05, 3.63) is 138 Å². The molecule has 0 aliphatic heterocycles. The minimum Gasteiger partial charge on any atom is -0.467 e. The maximum atomic E-state index is 13.5. The maximum Gasteiger partial charge on any atom is 0.417 e. The summed E-state index contributed by atoms with van der Waals surface area (Å²) in [6.07, 6.45) is -1.46. The van der Waals surface area contributed by atoms with Crippen molar-refractivity contribution in [1.29, 1.82) is 0 Å². The van der Waals surface area contributed by atoms with Gasteiger partial charge >= 0.3 is 12.1 Å². The van der Waals surface area contributed by atoms with E-state index in [0.29, 0.717) is 33.1 Å². The van der Waals surface area contributed by atoms with Gasteiger partial charge in [-0.1, -0.05) is 78.9 Å². The zero-order valence-electron chi connectivity index (χ0n) is 22.6. The van der Waals surface area contributed by atoms with E-state index >= 15 is 0 Å². The molecule has 42 heavy (non-hydrogen) atoms.